The highest BCUT2D eigenvalue weighted by molar-refractivity contribution is 7.99. The third kappa shape index (κ3) is 4.93. The number of nitrogens with one attached hydrogen (secondary N) is 1. The van der Waals surface area contributed by atoms with Crippen molar-refractivity contribution in [2.75, 3.05) is 5.75 Å². The van der Waals surface area contributed by atoms with E-state index < -0.39 is 0 Å². The smallest absolute Gasteiger partial charge is 0.230 e. The van der Waals surface area contributed by atoms with Crippen LogP contribution >= 0.6 is 23.4 Å². The number of hydrogen-bond acceptors (Lipinski definition) is 3. The lowest BCUT2D eigenvalue weighted by atomic mass is 9.90. The van der Waals surface area contributed by atoms with Crippen molar-refractivity contribution < 1.29 is 9.53 Å². The van der Waals surface area contributed by atoms with Crippen LogP contribution in [0.25, 0.3) is 0 Å². The summed E-state index contributed by atoms with van der Waals surface area (Å²) in [5.74, 6) is 2.14. The fourth-order valence-electron chi connectivity index (χ4n) is 3.01. The molecule has 1 amide bonds. The minimum absolute atomic E-state index is 0.0106. The monoisotopic (exact) mass is 375 g/mol. The summed E-state index contributed by atoms with van der Waals surface area (Å²) in [6, 6.07) is 15.6. The van der Waals surface area contributed by atoms with E-state index in [2.05, 4.69) is 19.2 Å². The molecule has 3 nitrogen and oxygen atoms in total. The van der Waals surface area contributed by atoms with Crippen molar-refractivity contribution in [3.8, 4) is 5.75 Å². The molecule has 3 rings (SSSR count). The van der Waals surface area contributed by atoms with Crippen molar-refractivity contribution in [2.24, 2.45) is 0 Å². The van der Waals surface area contributed by atoms with Gasteiger partial charge < -0.3 is 10.1 Å². The van der Waals surface area contributed by atoms with Crippen LogP contribution in [0.1, 0.15) is 37.4 Å². The van der Waals surface area contributed by atoms with Gasteiger partial charge in [0.05, 0.1) is 11.8 Å². The molecule has 0 radical (unpaired) electrons. The first-order chi connectivity index (χ1) is 11.9. The van der Waals surface area contributed by atoms with Gasteiger partial charge in [-0.2, -0.15) is 0 Å². The van der Waals surface area contributed by atoms with Gasteiger partial charge in [0, 0.05) is 22.8 Å². The van der Waals surface area contributed by atoms with Crippen LogP contribution in [-0.2, 0) is 10.5 Å². The molecule has 5 heteroatoms. The summed E-state index contributed by atoms with van der Waals surface area (Å²) >= 11 is 7.49. The molecule has 2 aromatic rings. The molecule has 0 bridgehead atoms. The Morgan fingerprint density at radius 2 is 1.96 bits per heavy atom. The van der Waals surface area contributed by atoms with Crippen LogP contribution in [0.5, 0.6) is 5.75 Å². The Morgan fingerprint density at radius 3 is 2.72 bits per heavy atom. The Bertz CT molecular complexity index is 746. The molecule has 1 heterocycles. The number of hydrogen-bond donors (Lipinski definition) is 1. The minimum Gasteiger partial charge on any atom is -0.487 e. The van der Waals surface area contributed by atoms with Gasteiger partial charge in [-0.25, -0.2) is 0 Å². The number of amides is 1. The molecule has 1 atom stereocenters. The van der Waals surface area contributed by atoms with Gasteiger partial charge in [0.15, 0.2) is 0 Å². The number of fused-ring (bicyclic) bond motifs is 1. The Kier molecular flexibility index (Phi) is 5.60. The zero-order valence-corrected chi connectivity index (χ0v) is 16.0. The van der Waals surface area contributed by atoms with E-state index in [1.807, 2.05) is 48.5 Å². The lowest BCUT2D eigenvalue weighted by Gasteiger charge is -2.37. The van der Waals surface area contributed by atoms with Gasteiger partial charge >= 0.3 is 0 Å². The first-order valence-electron chi connectivity index (χ1n) is 8.32. The van der Waals surface area contributed by atoms with Crippen LogP contribution in [0.3, 0.4) is 0 Å². The normalized spacial score (nSPS) is 18.1. The molecule has 25 heavy (non-hydrogen) atoms. The largest absolute Gasteiger partial charge is 0.487 e. The van der Waals surface area contributed by atoms with Crippen LogP contribution in [0.15, 0.2) is 48.5 Å². The zero-order chi connectivity index (χ0) is 17.9. The summed E-state index contributed by atoms with van der Waals surface area (Å²) in [5.41, 5.74) is 1.93. The van der Waals surface area contributed by atoms with Gasteiger partial charge in [-0.3, -0.25) is 4.79 Å². The van der Waals surface area contributed by atoms with Crippen LogP contribution in [0, 0.1) is 0 Å². The fourth-order valence-corrected chi connectivity index (χ4v) is 3.93. The quantitative estimate of drug-likeness (QED) is 0.799. The molecule has 1 N–H and O–H groups in total. The van der Waals surface area contributed by atoms with Gasteiger partial charge in [-0.1, -0.05) is 41.9 Å². The van der Waals surface area contributed by atoms with Crippen LogP contribution in [-0.4, -0.2) is 17.3 Å². The van der Waals surface area contributed by atoms with Crippen molar-refractivity contribution in [3.05, 3.63) is 64.7 Å². The van der Waals surface area contributed by atoms with E-state index >= 15 is 0 Å². The van der Waals surface area contributed by atoms with Gasteiger partial charge in [0.1, 0.15) is 11.4 Å². The average molecular weight is 376 g/mol. The van der Waals surface area contributed by atoms with E-state index in [0.717, 1.165) is 28.5 Å². The minimum atomic E-state index is -0.289. The SMILES string of the molecule is CC1(C)C[C@@H](NC(=O)CSCc2ccc(Cl)cc2)c2ccccc2O1. The molecule has 0 unspecified atom stereocenters. The van der Waals surface area contributed by atoms with E-state index in [-0.39, 0.29) is 17.6 Å². The zero-order valence-electron chi connectivity index (χ0n) is 14.4. The van der Waals surface area contributed by atoms with Gasteiger partial charge in [0.2, 0.25) is 5.91 Å². The molecular weight excluding hydrogens is 354 g/mol. The fraction of sp³-hybridized carbons (Fsp3) is 0.350. The second-order valence-corrected chi connectivity index (χ2v) is 8.27. The van der Waals surface area contributed by atoms with Crippen LogP contribution < -0.4 is 10.1 Å². The lowest BCUT2D eigenvalue weighted by molar-refractivity contribution is -0.119. The number of thioether (sulfide) groups is 1. The molecule has 0 saturated heterocycles. The number of carbonyl (C=O) groups is 1. The van der Waals surface area contributed by atoms with Crippen molar-refractivity contribution >= 4 is 29.3 Å². The Labute approximate surface area is 158 Å². The second-order valence-electron chi connectivity index (χ2n) is 6.84. The van der Waals surface area contributed by atoms with Crippen molar-refractivity contribution in [1.29, 1.82) is 0 Å². The van der Waals surface area contributed by atoms with Crippen molar-refractivity contribution in [2.45, 2.75) is 37.7 Å². The summed E-state index contributed by atoms with van der Waals surface area (Å²) in [5, 5.41) is 3.89. The van der Waals surface area contributed by atoms with Crippen molar-refractivity contribution in [1.82, 2.24) is 5.32 Å². The molecular formula is C20H22ClNO2S. The van der Waals surface area contributed by atoms with Gasteiger partial charge in [0.25, 0.3) is 0 Å². The molecule has 2 aromatic carbocycles. The van der Waals surface area contributed by atoms with E-state index in [0.29, 0.717) is 5.75 Å². The van der Waals surface area contributed by atoms with Crippen LogP contribution in [0.2, 0.25) is 5.02 Å². The summed E-state index contributed by atoms with van der Waals surface area (Å²) < 4.78 is 6.01. The molecule has 1 aliphatic rings. The van der Waals surface area contributed by atoms with E-state index in [1.165, 1.54) is 5.56 Å². The Morgan fingerprint density at radius 1 is 1.24 bits per heavy atom. The lowest BCUT2D eigenvalue weighted by Crippen LogP contribution is -2.41. The van der Waals surface area contributed by atoms with Gasteiger partial charge in [-0.05, 0) is 37.6 Å². The third-order valence-electron chi connectivity index (χ3n) is 4.13. The summed E-state index contributed by atoms with van der Waals surface area (Å²) in [6.45, 7) is 4.11. The maximum Gasteiger partial charge on any atom is 0.230 e. The number of halogens is 1. The molecule has 132 valence electrons. The maximum absolute atomic E-state index is 12.4. The average Bonchev–Trinajstić information content (AvgIpc) is 2.55. The van der Waals surface area contributed by atoms with E-state index in [9.17, 15) is 4.79 Å². The standard InChI is InChI=1S/C20H22ClNO2S/c1-20(2)11-17(16-5-3-4-6-18(16)24-20)22-19(23)13-25-12-14-7-9-15(21)10-8-14/h3-10,17H,11-13H2,1-2H3,(H,22,23)/t17-/m1/s1. The number of para-hydroxylation sites is 1. The Balaban J connectivity index is 1.56. The highest BCUT2D eigenvalue weighted by atomic mass is 35.5. The predicted octanol–water partition coefficient (Wildman–Crippen LogP) is 4.99. The Hall–Kier alpha value is -1.65. The first kappa shape index (κ1) is 18.2. The highest BCUT2D eigenvalue weighted by Gasteiger charge is 2.34. The van der Waals surface area contributed by atoms with E-state index in [4.69, 9.17) is 16.3 Å². The molecule has 0 aliphatic carbocycles. The van der Waals surface area contributed by atoms with E-state index in [1.54, 1.807) is 11.8 Å². The number of carbonyl (C=O) groups excluding carboxylic acids is 1. The van der Waals surface area contributed by atoms with Crippen molar-refractivity contribution in [3.63, 3.8) is 0 Å². The number of benzene rings is 2. The van der Waals surface area contributed by atoms with Crippen LogP contribution in [0.4, 0.5) is 0 Å². The number of ether oxygens (including phenoxy) is 1. The second kappa shape index (κ2) is 7.71. The summed E-state index contributed by atoms with van der Waals surface area (Å²) in [6.07, 6.45) is 0.762. The summed E-state index contributed by atoms with van der Waals surface area (Å²) in [4.78, 5) is 12.4. The summed E-state index contributed by atoms with van der Waals surface area (Å²) in [7, 11) is 0. The molecule has 0 fully saturated rings. The highest BCUT2D eigenvalue weighted by Crippen LogP contribution is 2.39. The third-order valence-corrected chi connectivity index (χ3v) is 5.38. The predicted molar refractivity (Wildman–Crippen MR) is 104 cm³/mol. The molecule has 0 spiro atoms. The first-order valence-corrected chi connectivity index (χ1v) is 9.86. The maximum atomic E-state index is 12.4. The topological polar surface area (TPSA) is 38.3 Å². The molecule has 1 aliphatic heterocycles. The molecule has 0 saturated carbocycles. The number of rotatable bonds is 5. The molecule has 0 aromatic heterocycles. The van der Waals surface area contributed by atoms with Gasteiger partial charge in [-0.15, -0.1) is 11.8 Å².